The van der Waals surface area contributed by atoms with Gasteiger partial charge in [0.25, 0.3) is 10.0 Å². The van der Waals surface area contributed by atoms with Gasteiger partial charge < -0.3 is 5.32 Å². The fourth-order valence-corrected chi connectivity index (χ4v) is 3.61. The second-order valence-electron chi connectivity index (χ2n) is 5.61. The third-order valence-electron chi connectivity index (χ3n) is 2.90. The standard InChI is InChI=1S/C13H26N4O2S/c1-6-17(9-10(2)3)20(18,19)13-12(8-15-16-13)7-14-11(4)5/h8,10-11,14H,6-7,9H2,1-5H3,(H,15,16). The van der Waals surface area contributed by atoms with Gasteiger partial charge >= 0.3 is 0 Å². The van der Waals surface area contributed by atoms with Crippen LogP contribution >= 0.6 is 0 Å². The minimum Gasteiger partial charge on any atom is -0.310 e. The molecule has 1 aromatic rings. The second kappa shape index (κ2) is 7.19. The van der Waals surface area contributed by atoms with Crippen LogP contribution in [0.5, 0.6) is 0 Å². The van der Waals surface area contributed by atoms with E-state index in [0.29, 0.717) is 31.2 Å². The highest BCUT2D eigenvalue weighted by atomic mass is 32.2. The fourth-order valence-electron chi connectivity index (χ4n) is 1.90. The molecule has 1 heterocycles. The Morgan fingerprint density at radius 1 is 1.35 bits per heavy atom. The van der Waals surface area contributed by atoms with Crippen LogP contribution in [-0.2, 0) is 16.6 Å². The smallest absolute Gasteiger partial charge is 0.260 e. The average molecular weight is 302 g/mol. The molecule has 0 aromatic carbocycles. The van der Waals surface area contributed by atoms with Gasteiger partial charge in [0.2, 0.25) is 0 Å². The van der Waals surface area contributed by atoms with Gasteiger partial charge in [-0.3, -0.25) is 5.10 Å². The Kier molecular flexibility index (Phi) is 6.16. The quantitative estimate of drug-likeness (QED) is 0.764. The first-order chi connectivity index (χ1) is 9.28. The first-order valence-electron chi connectivity index (χ1n) is 7.04. The zero-order valence-electron chi connectivity index (χ0n) is 13.0. The van der Waals surface area contributed by atoms with E-state index in [1.807, 2.05) is 34.6 Å². The zero-order valence-corrected chi connectivity index (χ0v) is 13.8. The van der Waals surface area contributed by atoms with E-state index in [2.05, 4.69) is 15.5 Å². The van der Waals surface area contributed by atoms with Crippen LogP contribution in [0.1, 0.15) is 40.2 Å². The van der Waals surface area contributed by atoms with Gasteiger partial charge in [-0.1, -0.05) is 34.6 Å². The summed E-state index contributed by atoms with van der Waals surface area (Å²) in [6.45, 7) is 11.4. The Morgan fingerprint density at radius 2 is 2.00 bits per heavy atom. The lowest BCUT2D eigenvalue weighted by Crippen LogP contribution is -2.35. The third-order valence-corrected chi connectivity index (χ3v) is 4.85. The van der Waals surface area contributed by atoms with Crippen molar-refractivity contribution in [2.45, 2.75) is 52.2 Å². The van der Waals surface area contributed by atoms with E-state index in [9.17, 15) is 8.42 Å². The van der Waals surface area contributed by atoms with Gasteiger partial charge in [-0.05, 0) is 5.92 Å². The number of nitrogens with zero attached hydrogens (tertiary/aromatic N) is 2. The van der Waals surface area contributed by atoms with E-state index in [4.69, 9.17) is 0 Å². The van der Waals surface area contributed by atoms with E-state index < -0.39 is 10.0 Å². The summed E-state index contributed by atoms with van der Waals surface area (Å²) in [6.07, 6.45) is 1.57. The molecule has 1 rings (SSSR count). The summed E-state index contributed by atoms with van der Waals surface area (Å²) in [5.41, 5.74) is 0.681. The zero-order chi connectivity index (χ0) is 15.3. The number of nitrogens with one attached hydrogen (secondary N) is 2. The monoisotopic (exact) mass is 302 g/mol. The van der Waals surface area contributed by atoms with E-state index in [1.54, 1.807) is 6.20 Å². The van der Waals surface area contributed by atoms with Crippen molar-refractivity contribution in [3.05, 3.63) is 11.8 Å². The van der Waals surface area contributed by atoms with Crippen LogP contribution in [0.4, 0.5) is 0 Å². The molecule has 0 amide bonds. The number of hydrogen-bond acceptors (Lipinski definition) is 4. The predicted molar refractivity (Wildman–Crippen MR) is 79.8 cm³/mol. The van der Waals surface area contributed by atoms with Crippen molar-refractivity contribution in [1.29, 1.82) is 0 Å². The van der Waals surface area contributed by atoms with Gasteiger partial charge in [-0.2, -0.15) is 9.40 Å². The summed E-state index contributed by atoms with van der Waals surface area (Å²) in [7, 11) is -3.51. The number of hydrogen-bond donors (Lipinski definition) is 2. The van der Waals surface area contributed by atoms with Crippen LogP contribution in [-0.4, -0.2) is 42.1 Å². The molecule has 0 spiro atoms. The van der Waals surface area contributed by atoms with Crippen molar-refractivity contribution in [2.75, 3.05) is 13.1 Å². The van der Waals surface area contributed by atoms with E-state index in [-0.39, 0.29) is 10.9 Å². The average Bonchev–Trinajstić information content (AvgIpc) is 2.81. The van der Waals surface area contributed by atoms with Gasteiger partial charge in [0.1, 0.15) is 0 Å². The Morgan fingerprint density at radius 3 is 2.50 bits per heavy atom. The maximum absolute atomic E-state index is 12.7. The van der Waals surface area contributed by atoms with Crippen LogP contribution in [0, 0.1) is 5.92 Å². The number of rotatable bonds is 8. The van der Waals surface area contributed by atoms with E-state index in [1.165, 1.54) is 4.31 Å². The molecule has 0 saturated heterocycles. The molecule has 2 N–H and O–H groups in total. The first kappa shape index (κ1) is 17.1. The Bertz CT molecular complexity index is 508. The van der Waals surface area contributed by atoms with Crippen molar-refractivity contribution in [3.63, 3.8) is 0 Å². The van der Waals surface area contributed by atoms with Crippen molar-refractivity contribution in [3.8, 4) is 0 Å². The highest BCUT2D eigenvalue weighted by Gasteiger charge is 2.28. The van der Waals surface area contributed by atoms with Gasteiger partial charge in [0.15, 0.2) is 5.03 Å². The minimum absolute atomic E-state index is 0.202. The summed E-state index contributed by atoms with van der Waals surface area (Å²) in [4.78, 5) is 0. The highest BCUT2D eigenvalue weighted by Crippen LogP contribution is 2.18. The van der Waals surface area contributed by atoms with Crippen LogP contribution in [0.3, 0.4) is 0 Å². The summed E-state index contributed by atoms with van der Waals surface area (Å²) in [5.74, 6) is 0.282. The molecule has 0 fully saturated rings. The van der Waals surface area contributed by atoms with E-state index in [0.717, 1.165) is 0 Å². The van der Waals surface area contributed by atoms with Crippen molar-refractivity contribution >= 4 is 10.0 Å². The molecular formula is C13H26N4O2S. The summed E-state index contributed by atoms with van der Waals surface area (Å²) >= 11 is 0. The molecule has 0 aliphatic heterocycles. The van der Waals surface area contributed by atoms with Gasteiger partial charge in [0.05, 0.1) is 6.20 Å². The topological polar surface area (TPSA) is 78.1 Å². The van der Waals surface area contributed by atoms with Crippen LogP contribution in [0.25, 0.3) is 0 Å². The van der Waals surface area contributed by atoms with Crippen LogP contribution < -0.4 is 5.32 Å². The van der Waals surface area contributed by atoms with Gasteiger partial charge in [0, 0.05) is 31.2 Å². The maximum atomic E-state index is 12.7. The molecule has 116 valence electrons. The molecule has 7 heteroatoms. The van der Waals surface area contributed by atoms with Crippen molar-refractivity contribution in [1.82, 2.24) is 19.8 Å². The highest BCUT2D eigenvalue weighted by molar-refractivity contribution is 7.89. The first-order valence-corrected chi connectivity index (χ1v) is 8.48. The number of aromatic amines is 1. The van der Waals surface area contributed by atoms with Crippen LogP contribution in [0.2, 0.25) is 0 Å². The molecule has 1 aromatic heterocycles. The predicted octanol–water partition coefficient (Wildman–Crippen LogP) is 1.57. The van der Waals surface area contributed by atoms with Crippen molar-refractivity contribution in [2.24, 2.45) is 5.92 Å². The minimum atomic E-state index is -3.51. The SMILES string of the molecule is CCN(CC(C)C)S(=O)(=O)c1[nH]ncc1CNC(C)C. The van der Waals surface area contributed by atoms with Crippen LogP contribution in [0.15, 0.2) is 11.2 Å². The molecule has 6 nitrogen and oxygen atoms in total. The number of sulfonamides is 1. The largest absolute Gasteiger partial charge is 0.310 e. The summed E-state index contributed by atoms with van der Waals surface area (Å²) in [6, 6.07) is 0.290. The molecule has 0 saturated carbocycles. The van der Waals surface area contributed by atoms with E-state index >= 15 is 0 Å². The Hall–Kier alpha value is -0.920. The third kappa shape index (κ3) is 4.29. The fraction of sp³-hybridized carbons (Fsp3) is 0.769. The summed E-state index contributed by atoms with van der Waals surface area (Å²) in [5, 5.41) is 9.95. The molecule has 0 aliphatic carbocycles. The Labute approximate surface area is 122 Å². The molecule has 0 bridgehead atoms. The molecule has 0 unspecified atom stereocenters. The normalized spacial score (nSPS) is 12.8. The van der Waals surface area contributed by atoms with Gasteiger partial charge in [-0.25, -0.2) is 8.42 Å². The lowest BCUT2D eigenvalue weighted by atomic mass is 10.2. The van der Waals surface area contributed by atoms with Crippen molar-refractivity contribution < 1.29 is 8.42 Å². The number of aromatic nitrogens is 2. The molecule has 20 heavy (non-hydrogen) atoms. The Balaban J connectivity index is 3.00. The lowest BCUT2D eigenvalue weighted by Gasteiger charge is -2.22. The molecule has 0 aliphatic rings. The molecule has 0 atom stereocenters. The molecule has 0 radical (unpaired) electrons. The molecular weight excluding hydrogens is 276 g/mol. The second-order valence-corrected chi connectivity index (χ2v) is 7.48. The maximum Gasteiger partial charge on any atom is 0.260 e. The lowest BCUT2D eigenvalue weighted by molar-refractivity contribution is 0.378. The summed E-state index contributed by atoms with van der Waals surface area (Å²) < 4.78 is 26.8. The number of H-pyrrole nitrogens is 1. The van der Waals surface area contributed by atoms with Gasteiger partial charge in [-0.15, -0.1) is 0 Å².